The van der Waals surface area contributed by atoms with Crippen LogP contribution in [0.1, 0.15) is 16.8 Å². The summed E-state index contributed by atoms with van der Waals surface area (Å²) in [5.74, 6) is 0.457. The predicted octanol–water partition coefficient (Wildman–Crippen LogP) is 2.22. The molecule has 1 aromatic carbocycles. The van der Waals surface area contributed by atoms with E-state index in [1.165, 1.54) is 0 Å². The van der Waals surface area contributed by atoms with Gasteiger partial charge in [-0.2, -0.15) is 0 Å². The van der Waals surface area contributed by atoms with Crippen LogP contribution in [-0.4, -0.2) is 25.7 Å². The van der Waals surface area contributed by atoms with Crippen molar-refractivity contribution in [2.75, 3.05) is 19.8 Å². The van der Waals surface area contributed by atoms with Crippen molar-refractivity contribution in [1.29, 1.82) is 0 Å². The van der Waals surface area contributed by atoms with Crippen molar-refractivity contribution in [1.82, 2.24) is 5.32 Å². The molecule has 1 aliphatic rings. The SMILES string of the molecule is O=C(NC[C@H]1CCOC1)c1ccc(Br)cc1. The summed E-state index contributed by atoms with van der Waals surface area (Å²) in [5, 5.41) is 2.93. The van der Waals surface area contributed by atoms with Gasteiger partial charge in [0.1, 0.15) is 0 Å². The van der Waals surface area contributed by atoms with Crippen LogP contribution >= 0.6 is 15.9 Å². The summed E-state index contributed by atoms with van der Waals surface area (Å²) in [6, 6.07) is 7.36. The number of carbonyl (C=O) groups excluding carboxylic acids is 1. The van der Waals surface area contributed by atoms with Gasteiger partial charge in [-0.3, -0.25) is 4.79 Å². The van der Waals surface area contributed by atoms with Crippen LogP contribution in [0.5, 0.6) is 0 Å². The molecule has 1 heterocycles. The fourth-order valence-electron chi connectivity index (χ4n) is 1.68. The largest absolute Gasteiger partial charge is 0.381 e. The molecule has 0 spiro atoms. The number of ether oxygens (including phenoxy) is 1. The zero-order valence-electron chi connectivity index (χ0n) is 8.91. The van der Waals surface area contributed by atoms with Gasteiger partial charge in [-0.1, -0.05) is 15.9 Å². The Kier molecular flexibility index (Phi) is 3.96. The average Bonchev–Trinajstić information content (AvgIpc) is 2.80. The van der Waals surface area contributed by atoms with Gasteiger partial charge in [0.15, 0.2) is 0 Å². The van der Waals surface area contributed by atoms with Crippen molar-refractivity contribution in [3.63, 3.8) is 0 Å². The van der Waals surface area contributed by atoms with Gasteiger partial charge < -0.3 is 10.1 Å². The number of halogens is 1. The van der Waals surface area contributed by atoms with Gasteiger partial charge in [-0.25, -0.2) is 0 Å². The van der Waals surface area contributed by atoms with Crippen molar-refractivity contribution in [3.8, 4) is 0 Å². The van der Waals surface area contributed by atoms with Crippen LogP contribution in [0.4, 0.5) is 0 Å². The van der Waals surface area contributed by atoms with Gasteiger partial charge in [-0.15, -0.1) is 0 Å². The molecular weight excluding hydrogens is 270 g/mol. The molecule has 1 atom stereocenters. The Morgan fingerprint density at radius 3 is 2.81 bits per heavy atom. The third-order valence-electron chi connectivity index (χ3n) is 2.68. The molecule has 16 heavy (non-hydrogen) atoms. The number of rotatable bonds is 3. The minimum Gasteiger partial charge on any atom is -0.381 e. The highest BCUT2D eigenvalue weighted by molar-refractivity contribution is 9.10. The van der Waals surface area contributed by atoms with Crippen LogP contribution in [0, 0.1) is 5.92 Å². The molecule has 1 amide bonds. The molecule has 0 bridgehead atoms. The molecule has 3 nitrogen and oxygen atoms in total. The first-order valence-corrected chi connectivity index (χ1v) is 6.16. The second kappa shape index (κ2) is 5.46. The number of benzene rings is 1. The van der Waals surface area contributed by atoms with E-state index in [2.05, 4.69) is 21.2 Å². The van der Waals surface area contributed by atoms with E-state index in [4.69, 9.17) is 4.74 Å². The molecule has 1 fully saturated rings. The van der Waals surface area contributed by atoms with Gasteiger partial charge in [0, 0.05) is 29.1 Å². The maximum absolute atomic E-state index is 11.7. The lowest BCUT2D eigenvalue weighted by atomic mass is 10.1. The summed E-state index contributed by atoms with van der Waals surface area (Å²) in [5.41, 5.74) is 0.696. The second-order valence-corrected chi connectivity index (χ2v) is 4.86. The lowest BCUT2D eigenvalue weighted by Crippen LogP contribution is -2.29. The number of hydrogen-bond acceptors (Lipinski definition) is 2. The lowest BCUT2D eigenvalue weighted by Gasteiger charge is -2.09. The third kappa shape index (κ3) is 3.06. The zero-order valence-corrected chi connectivity index (χ0v) is 10.5. The Hall–Kier alpha value is -0.870. The maximum atomic E-state index is 11.7. The molecule has 1 N–H and O–H groups in total. The normalized spacial score (nSPS) is 19.7. The minimum atomic E-state index is -0.0144. The Bertz CT molecular complexity index is 358. The van der Waals surface area contributed by atoms with E-state index in [1.807, 2.05) is 24.3 Å². The second-order valence-electron chi connectivity index (χ2n) is 3.95. The number of carbonyl (C=O) groups is 1. The quantitative estimate of drug-likeness (QED) is 0.924. The van der Waals surface area contributed by atoms with Crippen molar-refractivity contribution >= 4 is 21.8 Å². The molecule has 86 valence electrons. The highest BCUT2D eigenvalue weighted by atomic mass is 79.9. The van der Waals surface area contributed by atoms with Crippen LogP contribution in [0.15, 0.2) is 28.7 Å². The highest BCUT2D eigenvalue weighted by Gasteiger charge is 2.16. The molecule has 1 aliphatic heterocycles. The summed E-state index contributed by atoms with van der Waals surface area (Å²) in [6.07, 6.45) is 1.04. The Labute approximate surface area is 103 Å². The van der Waals surface area contributed by atoms with Crippen LogP contribution < -0.4 is 5.32 Å². The standard InChI is InChI=1S/C12H14BrNO2/c13-11-3-1-10(2-4-11)12(15)14-7-9-5-6-16-8-9/h1-4,9H,5-8H2,(H,14,15)/t9-/m1/s1. The predicted molar refractivity (Wildman–Crippen MR) is 65.4 cm³/mol. The fourth-order valence-corrected chi connectivity index (χ4v) is 1.95. The van der Waals surface area contributed by atoms with E-state index in [0.29, 0.717) is 18.0 Å². The van der Waals surface area contributed by atoms with Crippen molar-refractivity contribution < 1.29 is 9.53 Å². The van der Waals surface area contributed by atoms with Crippen LogP contribution in [-0.2, 0) is 4.74 Å². The molecule has 0 radical (unpaired) electrons. The van der Waals surface area contributed by atoms with E-state index >= 15 is 0 Å². The molecule has 0 unspecified atom stereocenters. The van der Waals surface area contributed by atoms with Crippen molar-refractivity contribution in [2.45, 2.75) is 6.42 Å². The average molecular weight is 284 g/mol. The van der Waals surface area contributed by atoms with E-state index in [9.17, 15) is 4.79 Å². The van der Waals surface area contributed by atoms with E-state index in [1.54, 1.807) is 0 Å². The number of nitrogens with one attached hydrogen (secondary N) is 1. The lowest BCUT2D eigenvalue weighted by molar-refractivity contribution is 0.0945. The summed E-state index contributed by atoms with van der Waals surface area (Å²) < 4.78 is 6.23. The van der Waals surface area contributed by atoms with E-state index < -0.39 is 0 Å². The van der Waals surface area contributed by atoms with Gasteiger partial charge in [0.25, 0.3) is 5.91 Å². The molecular formula is C12H14BrNO2. The number of amides is 1. The van der Waals surface area contributed by atoms with Crippen LogP contribution in [0.25, 0.3) is 0 Å². The summed E-state index contributed by atoms with van der Waals surface area (Å²) in [4.78, 5) is 11.7. The van der Waals surface area contributed by atoms with Gasteiger partial charge in [0.05, 0.1) is 6.61 Å². The Morgan fingerprint density at radius 2 is 2.19 bits per heavy atom. The van der Waals surface area contributed by atoms with Gasteiger partial charge in [0.2, 0.25) is 0 Å². The topological polar surface area (TPSA) is 38.3 Å². The zero-order chi connectivity index (χ0) is 11.4. The van der Waals surface area contributed by atoms with Gasteiger partial charge in [-0.05, 0) is 30.7 Å². The molecule has 0 aromatic heterocycles. The molecule has 0 aliphatic carbocycles. The molecule has 2 rings (SSSR count). The highest BCUT2D eigenvalue weighted by Crippen LogP contribution is 2.12. The Balaban J connectivity index is 1.85. The summed E-state index contributed by atoms with van der Waals surface area (Å²) in [6.45, 7) is 2.29. The minimum absolute atomic E-state index is 0.0144. The smallest absolute Gasteiger partial charge is 0.251 e. The van der Waals surface area contributed by atoms with Crippen LogP contribution in [0.2, 0.25) is 0 Å². The number of hydrogen-bond donors (Lipinski definition) is 1. The van der Waals surface area contributed by atoms with Gasteiger partial charge >= 0.3 is 0 Å². The van der Waals surface area contributed by atoms with Crippen molar-refractivity contribution in [3.05, 3.63) is 34.3 Å². The molecule has 4 heteroatoms. The summed E-state index contributed by atoms with van der Waals surface area (Å²) in [7, 11) is 0. The Morgan fingerprint density at radius 1 is 1.44 bits per heavy atom. The van der Waals surface area contributed by atoms with E-state index in [-0.39, 0.29) is 5.91 Å². The van der Waals surface area contributed by atoms with Crippen molar-refractivity contribution in [2.24, 2.45) is 5.92 Å². The molecule has 1 aromatic rings. The fraction of sp³-hybridized carbons (Fsp3) is 0.417. The van der Waals surface area contributed by atoms with E-state index in [0.717, 1.165) is 24.1 Å². The monoisotopic (exact) mass is 283 g/mol. The molecule has 0 saturated carbocycles. The van der Waals surface area contributed by atoms with Crippen LogP contribution in [0.3, 0.4) is 0 Å². The first-order valence-electron chi connectivity index (χ1n) is 5.37. The molecule has 1 saturated heterocycles. The summed E-state index contributed by atoms with van der Waals surface area (Å²) >= 11 is 3.34. The first-order chi connectivity index (χ1) is 7.75. The maximum Gasteiger partial charge on any atom is 0.251 e. The first kappa shape index (κ1) is 11.6. The third-order valence-corrected chi connectivity index (χ3v) is 3.21.